The first kappa shape index (κ1) is 17.0. The smallest absolute Gasteiger partial charge is 0.338 e. The molecule has 0 aliphatic heterocycles. The van der Waals surface area contributed by atoms with Gasteiger partial charge in [0.05, 0.1) is 12.2 Å². The van der Waals surface area contributed by atoms with Gasteiger partial charge in [-0.05, 0) is 79.5 Å². The van der Waals surface area contributed by atoms with Crippen molar-refractivity contribution < 1.29 is 9.53 Å². The van der Waals surface area contributed by atoms with E-state index in [1.165, 1.54) is 44.9 Å². The van der Waals surface area contributed by atoms with E-state index in [1.54, 1.807) is 11.1 Å². The third kappa shape index (κ3) is 2.90. The van der Waals surface area contributed by atoms with Gasteiger partial charge in [-0.25, -0.2) is 4.79 Å². The SMILES string of the molecule is O=C(OC[C@@]12CCC[C@H]1[C@@H]1CCc3ccccc3[C@H]1CC2)c1ccccc1. The number of hydrogen-bond acceptors (Lipinski definition) is 2. The van der Waals surface area contributed by atoms with Crippen LogP contribution in [0.1, 0.15) is 65.9 Å². The third-order valence-electron chi connectivity index (χ3n) is 7.67. The second-order valence-corrected chi connectivity index (χ2v) is 8.85. The number of carbonyl (C=O) groups excluding carboxylic acids is 1. The minimum atomic E-state index is -0.160. The standard InChI is InChI=1S/C25H28O2/c26-24(19-8-2-1-3-9-19)27-17-25-15-6-11-23(25)22-13-12-18-7-4-5-10-20(18)21(22)14-16-25/h1-5,7-10,21-23H,6,11-17H2/t21-,22-,23+,25+/m1/s1. The second kappa shape index (κ2) is 6.82. The Morgan fingerprint density at radius 1 is 0.963 bits per heavy atom. The van der Waals surface area contributed by atoms with Crippen molar-refractivity contribution in [3.63, 3.8) is 0 Å². The predicted octanol–water partition coefficient (Wildman–Crippen LogP) is 5.77. The van der Waals surface area contributed by atoms with Crippen LogP contribution < -0.4 is 0 Å². The highest BCUT2D eigenvalue weighted by Gasteiger charge is 2.53. The summed E-state index contributed by atoms with van der Waals surface area (Å²) < 4.78 is 5.88. The molecule has 0 unspecified atom stereocenters. The Kier molecular flexibility index (Phi) is 4.30. The fourth-order valence-corrected chi connectivity index (χ4v) is 6.43. The van der Waals surface area contributed by atoms with E-state index >= 15 is 0 Å². The van der Waals surface area contributed by atoms with E-state index in [1.807, 2.05) is 30.3 Å². The molecular formula is C25H28O2. The van der Waals surface area contributed by atoms with Crippen molar-refractivity contribution >= 4 is 5.97 Å². The molecule has 2 heteroatoms. The van der Waals surface area contributed by atoms with Gasteiger partial charge in [0.2, 0.25) is 0 Å². The Morgan fingerprint density at radius 3 is 2.67 bits per heavy atom. The van der Waals surface area contributed by atoms with Crippen LogP contribution in [0.2, 0.25) is 0 Å². The van der Waals surface area contributed by atoms with Crippen LogP contribution in [0.5, 0.6) is 0 Å². The number of fused-ring (bicyclic) bond motifs is 5. The van der Waals surface area contributed by atoms with Crippen LogP contribution in [0, 0.1) is 17.3 Å². The highest BCUT2D eigenvalue weighted by molar-refractivity contribution is 5.89. The zero-order valence-corrected chi connectivity index (χ0v) is 15.9. The molecule has 0 N–H and O–H groups in total. The number of carbonyl (C=O) groups is 1. The average Bonchev–Trinajstić information content (AvgIpc) is 3.17. The van der Waals surface area contributed by atoms with Crippen molar-refractivity contribution in [1.29, 1.82) is 0 Å². The Labute approximate surface area is 161 Å². The summed E-state index contributed by atoms with van der Waals surface area (Å²) in [6, 6.07) is 18.5. The highest BCUT2D eigenvalue weighted by Crippen LogP contribution is 2.61. The average molecular weight is 360 g/mol. The Balaban J connectivity index is 1.35. The molecule has 0 aromatic heterocycles. The topological polar surface area (TPSA) is 26.3 Å². The first-order valence-electron chi connectivity index (χ1n) is 10.6. The molecule has 0 heterocycles. The molecule has 0 spiro atoms. The monoisotopic (exact) mass is 360 g/mol. The van der Waals surface area contributed by atoms with E-state index in [0.29, 0.717) is 18.1 Å². The van der Waals surface area contributed by atoms with Crippen LogP contribution in [0.4, 0.5) is 0 Å². The van der Waals surface area contributed by atoms with E-state index in [4.69, 9.17) is 4.74 Å². The summed E-state index contributed by atoms with van der Waals surface area (Å²) in [5, 5.41) is 0. The summed E-state index contributed by atoms with van der Waals surface area (Å²) in [4.78, 5) is 12.5. The van der Waals surface area contributed by atoms with Gasteiger partial charge >= 0.3 is 5.97 Å². The first-order chi connectivity index (χ1) is 13.3. The van der Waals surface area contributed by atoms with Gasteiger partial charge in [0.25, 0.3) is 0 Å². The molecular weight excluding hydrogens is 332 g/mol. The molecule has 0 saturated heterocycles. The molecule has 5 rings (SSSR count). The lowest BCUT2D eigenvalue weighted by Gasteiger charge is -2.50. The van der Waals surface area contributed by atoms with E-state index in [0.717, 1.165) is 11.8 Å². The zero-order chi connectivity index (χ0) is 18.3. The molecule has 27 heavy (non-hydrogen) atoms. The van der Waals surface area contributed by atoms with Crippen molar-refractivity contribution in [3.8, 4) is 0 Å². The maximum atomic E-state index is 12.5. The van der Waals surface area contributed by atoms with Gasteiger partial charge in [0.1, 0.15) is 0 Å². The molecule has 3 aliphatic carbocycles. The van der Waals surface area contributed by atoms with Crippen LogP contribution >= 0.6 is 0 Å². The number of rotatable bonds is 3. The summed E-state index contributed by atoms with van der Waals surface area (Å²) in [6.07, 6.45) is 8.81. The van der Waals surface area contributed by atoms with E-state index < -0.39 is 0 Å². The minimum absolute atomic E-state index is 0.160. The molecule has 2 aromatic carbocycles. The van der Waals surface area contributed by atoms with Gasteiger partial charge in [0, 0.05) is 5.41 Å². The van der Waals surface area contributed by atoms with Crippen LogP contribution in [0.25, 0.3) is 0 Å². The number of ether oxygens (including phenoxy) is 1. The number of hydrogen-bond donors (Lipinski definition) is 0. The molecule has 0 radical (unpaired) electrons. The summed E-state index contributed by atoms with van der Waals surface area (Å²) in [7, 11) is 0. The molecule has 0 bridgehead atoms. The summed E-state index contributed by atoms with van der Waals surface area (Å²) in [5.41, 5.74) is 4.07. The predicted molar refractivity (Wildman–Crippen MR) is 107 cm³/mol. The Bertz CT molecular complexity index is 827. The molecule has 0 amide bonds. The van der Waals surface area contributed by atoms with E-state index in [-0.39, 0.29) is 11.4 Å². The molecule has 3 aliphatic rings. The minimum Gasteiger partial charge on any atom is -0.461 e. The molecule has 4 atom stereocenters. The lowest BCUT2D eigenvalue weighted by molar-refractivity contribution is -0.0229. The summed E-state index contributed by atoms with van der Waals surface area (Å²) >= 11 is 0. The first-order valence-corrected chi connectivity index (χ1v) is 10.6. The van der Waals surface area contributed by atoms with Crippen molar-refractivity contribution in [1.82, 2.24) is 0 Å². The van der Waals surface area contributed by atoms with E-state index in [9.17, 15) is 4.79 Å². The molecule has 2 saturated carbocycles. The largest absolute Gasteiger partial charge is 0.461 e. The fourth-order valence-electron chi connectivity index (χ4n) is 6.43. The second-order valence-electron chi connectivity index (χ2n) is 8.85. The Hall–Kier alpha value is -2.09. The van der Waals surface area contributed by atoms with Crippen molar-refractivity contribution in [2.24, 2.45) is 17.3 Å². The molecule has 140 valence electrons. The maximum absolute atomic E-state index is 12.5. The van der Waals surface area contributed by atoms with Crippen LogP contribution in [-0.4, -0.2) is 12.6 Å². The van der Waals surface area contributed by atoms with Crippen molar-refractivity contribution in [3.05, 3.63) is 71.3 Å². The van der Waals surface area contributed by atoms with Crippen LogP contribution in [0.3, 0.4) is 0 Å². The number of esters is 1. The number of aryl methyl sites for hydroxylation is 1. The van der Waals surface area contributed by atoms with Gasteiger partial charge in [-0.1, -0.05) is 48.9 Å². The van der Waals surface area contributed by atoms with E-state index in [2.05, 4.69) is 24.3 Å². The maximum Gasteiger partial charge on any atom is 0.338 e. The van der Waals surface area contributed by atoms with Crippen LogP contribution in [0.15, 0.2) is 54.6 Å². The third-order valence-corrected chi connectivity index (χ3v) is 7.67. The van der Waals surface area contributed by atoms with Gasteiger partial charge in [-0.3, -0.25) is 0 Å². The number of benzene rings is 2. The highest BCUT2D eigenvalue weighted by atomic mass is 16.5. The van der Waals surface area contributed by atoms with Gasteiger partial charge in [-0.15, -0.1) is 0 Å². The fraction of sp³-hybridized carbons (Fsp3) is 0.480. The van der Waals surface area contributed by atoms with Gasteiger partial charge < -0.3 is 4.74 Å². The normalized spacial score (nSPS) is 31.5. The van der Waals surface area contributed by atoms with Crippen LogP contribution in [-0.2, 0) is 11.2 Å². The van der Waals surface area contributed by atoms with Crippen molar-refractivity contribution in [2.75, 3.05) is 6.61 Å². The molecule has 2 fully saturated rings. The lowest BCUT2D eigenvalue weighted by Crippen LogP contribution is -2.44. The quantitative estimate of drug-likeness (QED) is 0.650. The van der Waals surface area contributed by atoms with Gasteiger partial charge in [-0.2, -0.15) is 0 Å². The summed E-state index contributed by atoms with van der Waals surface area (Å²) in [5.74, 6) is 2.04. The zero-order valence-electron chi connectivity index (χ0n) is 15.9. The molecule has 2 aromatic rings. The van der Waals surface area contributed by atoms with Crippen molar-refractivity contribution in [2.45, 2.75) is 50.9 Å². The molecule has 2 nitrogen and oxygen atoms in total. The van der Waals surface area contributed by atoms with Gasteiger partial charge in [0.15, 0.2) is 0 Å². The summed E-state index contributed by atoms with van der Waals surface area (Å²) in [6.45, 7) is 0.607. The Morgan fingerprint density at radius 2 is 1.78 bits per heavy atom. The lowest BCUT2D eigenvalue weighted by atomic mass is 9.55.